The minimum Gasteiger partial charge on any atom is -0.383 e. The van der Waals surface area contributed by atoms with Gasteiger partial charge in [0, 0.05) is 63.6 Å². The first-order valence-corrected chi connectivity index (χ1v) is 9.38. The van der Waals surface area contributed by atoms with E-state index >= 15 is 0 Å². The Hall–Kier alpha value is -2.15. The Morgan fingerprint density at radius 3 is 3.00 bits per heavy atom. The van der Waals surface area contributed by atoms with Crippen LogP contribution < -0.4 is 0 Å². The van der Waals surface area contributed by atoms with Gasteiger partial charge >= 0.3 is 0 Å². The number of piperidine rings is 1. The molecule has 26 heavy (non-hydrogen) atoms. The second-order valence-electron chi connectivity index (χ2n) is 7.07. The van der Waals surface area contributed by atoms with E-state index in [1.165, 1.54) is 0 Å². The van der Waals surface area contributed by atoms with E-state index in [2.05, 4.69) is 26.7 Å². The largest absolute Gasteiger partial charge is 0.383 e. The molecule has 1 aliphatic rings. The van der Waals surface area contributed by atoms with Gasteiger partial charge in [0.25, 0.3) is 0 Å². The van der Waals surface area contributed by atoms with Gasteiger partial charge in [0.15, 0.2) is 0 Å². The van der Waals surface area contributed by atoms with Crippen LogP contribution in [-0.4, -0.2) is 57.4 Å². The molecule has 1 amide bonds. The highest BCUT2D eigenvalue weighted by Gasteiger charge is 2.27. The number of rotatable bonds is 7. The van der Waals surface area contributed by atoms with Crippen molar-refractivity contribution in [2.24, 2.45) is 0 Å². The summed E-state index contributed by atoms with van der Waals surface area (Å²) in [5.41, 5.74) is 3.24. The third-order valence-corrected chi connectivity index (χ3v) is 5.35. The van der Waals surface area contributed by atoms with Crippen molar-refractivity contribution in [3.05, 3.63) is 35.2 Å². The zero-order valence-corrected chi connectivity index (χ0v) is 16.0. The molecule has 0 spiro atoms. The van der Waals surface area contributed by atoms with Gasteiger partial charge in [-0.25, -0.2) is 4.98 Å². The number of imidazole rings is 1. The van der Waals surface area contributed by atoms with Crippen molar-refractivity contribution in [1.82, 2.24) is 24.6 Å². The molecule has 0 aromatic carbocycles. The zero-order chi connectivity index (χ0) is 18.5. The number of likely N-dealkylation sites (tertiary alicyclic amines) is 1. The number of nitrogens with one attached hydrogen (secondary N) is 1. The highest BCUT2D eigenvalue weighted by atomic mass is 16.5. The van der Waals surface area contributed by atoms with Gasteiger partial charge in [-0.1, -0.05) is 0 Å². The molecule has 7 nitrogen and oxygen atoms in total. The quantitative estimate of drug-likeness (QED) is 0.822. The summed E-state index contributed by atoms with van der Waals surface area (Å²) in [6.07, 6.45) is 7.14. The molecule has 0 aliphatic carbocycles. The molecule has 1 fully saturated rings. The minimum atomic E-state index is 0.213. The molecular formula is C19H29N5O2. The summed E-state index contributed by atoms with van der Waals surface area (Å²) in [5.74, 6) is 1.58. The van der Waals surface area contributed by atoms with Crippen LogP contribution in [0.3, 0.4) is 0 Å². The normalized spacial score (nSPS) is 17.7. The highest BCUT2D eigenvalue weighted by molar-refractivity contribution is 5.76. The van der Waals surface area contributed by atoms with Crippen molar-refractivity contribution in [3.63, 3.8) is 0 Å². The van der Waals surface area contributed by atoms with Crippen LogP contribution in [0.1, 0.15) is 48.0 Å². The topological polar surface area (TPSA) is 76.0 Å². The van der Waals surface area contributed by atoms with Gasteiger partial charge in [0.05, 0.1) is 12.3 Å². The van der Waals surface area contributed by atoms with E-state index in [1.54, 1.807) is 7.11 Å². The maximum atomic E-state index is 12.7. The molecule has 7 heteroatoms. The summed E-state index contributed by atoms with van der Waals surface area (Å²) < 4.78 is 7.33. The van der Waals surface area contributed by atoms with Gasteiger partial charge in [0.2, 0.25) is 5.91 Å². The molecule has 3 heterocycles. The summed E-state index contributed by atoms with van der Waals surface area (Å²) in [4.78, 5) is 19.3. The Morgan fingerprint density at radius 2 is 2.27 bits per heavy atom. The number of amides is 1. The third-order valence-electron chi connectivity index (χ3n) is 5.35. The SMILES string of the molecule is COCCn1ccnc1[C@H]1CCCN(C(=O)CCc2n[nH]c(C)c2C)C1. The Morgan fingerprint density at radius 1 is 1.42 bits per heavy atom. The first kappa shape index (κ1) is 18.6. The molecule has 2 aromatic heterocycles. The number of carbonyl (C=O) groups excluding carboxylic acids is 1. The smallest absolute Gasteiger partial charge is 0.222 e. The molecule has 1 saturated heterocycles. The maximum Gasteiger partial charge on any atom is 0.222 e. The number of ether oxygens (including phenoxy) is 1. The van der Waals surface area contributed by atoms with Crippen molar-refractivity contribution in [3.8, 4) is 0 Å². The molecule has 142 valence electrons. The summed E-state index contributed by atoms with van der Waals surface area (Å²) in [7, 11) is 1.71. The standard InChI is InChI=1S/C19H29N5O2/c1-14-15(2)21-22-17(14)6-7-18(25)24-9-4-5-16(13-24)19-20-8-10-23(19)11-12-26-3/h8,10,16H,4-7,9,11-13H2,1-3H3,(H,21,22)/t16-/m0/s1. The fourth-order valence-electron chi connectivity index (χ4n) is 3.64. The molecule has 2 aromatic rings. The predicted molar refractivity (Wildman–Crippen MR) is 99.0 cm³/mol. The van der Waals surface area contributed by atoms with Gasteiger partial charge in [-0.15, -0.1) is 0 Å². The zero-order valence-electron chi connectivity index (χ0n) is 16.0. The van der Waals surface area contributed by atoms with Gasteiger partial charge in [-0.2, -0.15) is 5.10 Å². The summed E-state index contributed by atoms with van der Waals surface area (Å²) in [6, 6.07) is 0. The van der Waals surface area contributed by atoms with Gasteiger partial charge in [-0.3, -0.25) is 9.89 Å². The Balaban J connectivity index is 1.58. The van der Waals surface area contributed by atoms with Crippen LogP contribution in [0.2, 0.25) is 0 Å². The van der Waals surface area contributed by atoms with Crippen LogP contribution in [0.25, 0.3) is 0 Å². The van der Waals surface area contributed by atoms with Crippen LogP contribution in [0.5, 0.6) is 0 Å². The molecule has 0 unspecified atom stereocenters. The van der Waals surface area contributed by atoms with E-state index in [9.17, 15) is 4.79 Å². The average molecular weight is 359 g/mol. The van der Waals surface area contributed by atoms with Crippen LogP contribution in [-0.2, 0) is 22.5 Å². The van der Waals surface area contributed by atoms with E-state index < -0.39 is 0 Å². The molecule has 0 radical (unpaired) electrons. The number of methoxy groups -OCH3 is 1. The maximum absolute atomic E-state index is 12.7. The lowest BCUT2D eigenvalue weighted by molar-refractivity contribution is -0.132. The first-order chi connectivity index (χ1) is 12.6. The second kappa shape index (κ2) is 8.49. The van der Waals surface area contributed by atoms with E-state index in [4.69, 9.17) is 4.74 Å². The monoisotopic (exact) mass is 359 g/mol. The fourth-order valence-corrected chi connectivity index (χ4v) is 3.64. The number of aryl methyl sites for hydroxylation is 2. The highest BCUT2D eigenvalue weighted by Crippen LogP contribution is 2.26. The van der Waals surface area contributed by atoms with E-state index in [0.29, 0.717) is 25.4 Å². The van der Waals surface area contributed by atoms with Crippen LogP contribution in [0, 0.1) is 13.8 Å². The number of aromatic nitrogens is 4. The number of aromatic amines is 1. The molecule has 1 N–H and O–H groups in total. The lowest BCUT2D eigenvalue weighted by Crippen LogP contribution is -2.40. The Labute approximate surface area is 154 Å². The number of carbonyl (C=O) groups is 1. The lowest BCUT2D eigenvalue weighted by atomic mass is 9.96. The molecule has 0 saturated carbocycles. The van der Waals surface area contributed by atoms with Crippen molar-refractivity contribution < 1.29 is 9.53 Å². The van der Waals surface area contributed by atoms with Gasteiger partial charge < -0.3 is 14.2 Å². The number of H-pyrrole nitrogens is 1. The summed E-state index contributed by atoms with van der Waals surface area (Å²) in [5, 5.41) is 7.30. The number of nitrogens with zero attached hydrogens (tertiary/aromatic N) is 4. The van der Waals surface area contributed by atoms with E-state index in [1.807, 2.05) is 24.2 Å². The van der Waals surface area contributed by atoms with E-state index in [0.717, 1.165) is 55.3 Å². The molecule has 1 aliphatic heterocycles. The lowest BCUT2D eigenvalue weighted by Gasteiger charge is -2.32. The van der Waals surface area contributed by atoms with Crippen LogP contribution in [0.15, 0.2) is 12.4 Å². The summed E-state index contributed by atoms with van der Waals surface area (Å²) in [6.45, 7) is 7.12. The van der Waals surface area contributed by atoms with Crippen LogP contribution >= 0.6 is 0 Å². The van der Waals surface area contributed by atoms with Crippen molar-refractivity contribution in [2.45, 2.75) is 52.0 Å². The predicted octanol–water partition coefficient (Wildman–Crippen LogP) is 2.21. The minimum absolute atomic E-state index is 0.213. The fraction of sp³-hybridized carbons (Fsp3) is 0.632. The third kappa shape index (κ3) is 4.15. The Bertz CT molecular complexity index is 736. The Kier molecular flexibility index (Phi) is 6.08. The molecular weight excluding hydrogens is 330 g/mol. The second-order valence-corrected chi connectivity index (χ2v) is 7.07. The molecule has 1 atom stereocenters. The number of hydrogen-bond donors (Lipinski definition) is 1. The van der Waals surface area contributed by atoms with Crippen molar-refractivity contribution in [2.75, 3.05) is 26.8 Å². The first-order valence-electron chi connectivity index (χ1n) is 9.38. The average Bonchev–Trinajstić information content (AvgIpc) is 3.25. The molecule has 3 rings (SSSR count). The van der Waals surface area contributed by atoms with Crippen LogP contribution in [0.4, 0.5) is 0 Å². The summed E-state index contributed by atoms with van der Waals surface area (Å²) >= 11 is 0. The van der Waals surface area contributed by atoms with Gasteiger partial charge in [-0.05, 0) is 32.3 Å². The van der Waals surface area contributed by atoms with E-state index in [-0.39, 0.29) is 5.91 Å². The van der Waals surface area contributed by atoms with Crippen molar-refractivity contribution in [1.29, 1.82) is 0 Å². The number of hydrogen-bond acceptors (Lipinski definition) is 4. The van der Waals surface area contributed by atoms with Gasteiger partial charge in [0.1, 0.15) is 5.82 Å². The van der Waals surface area contributed by atoms with Crippen molar-refractivity contribution >= 4 is 5.91 Å². The molecule has 0 bridgehead atoms.